The van der Waals surface area contributed by atoms with E-state index in [-0.39, 0.29) is 12.1 Å². The summed E-state index contributed by atoms with van der Waals surface area (Å²) >= 11 is 0. The second-order valence-corrected chi connectivity index (χ2v) is 6.44. The van der Waals surface area contributed by atoms with Gasteiger partial charge < -0.3 is 14.2 Å². The number of thiol groups is 1. The third kappa shape index (κ3) is 3.54. The third-order valence-electron chi connectivity index (χ3n) is 4.17. The Morgan fingerprint density at radius 3 is 2.58 bits per heavy atom. The van der Waals surface area contributed by atoms with E-state index in [1.165, 1.54) is 0 Å². The molecule has 0 bridgehead atoms. The molecule has 0 amide bonds. The topological polar surface area (TPSA) is 86.8 Å². The summed E-state index contributed by atoms with van der Waals surface area (Å²) < 4.78 is 40.8. The highest BCUT2D eigenvalue weighted by Gasteiger charge is 2.27. The van der Waals surface area contributed by atoms with Gasteiger partial charge in [-0.1, -0.05) is 0 Å². The lowest BCUT2D eigenvalue weighted by Gasteiger charge is -2.16. The van der Waals surface area contributed by atoms with Crippen molar-refractivity contribution in [3.05, 3.63) is 24.4 Å². The molecule has 2 aromatic rings. The van der Waals surface area contributed by atoms with Crippen LogP contribution in [-0.4, -0.2) is 39.8 Å². The molecule has 0 aliphatic heterocycles. The quantitative estimate of drug-likeness (QED) is 0.769. The summed E-state index contributed by atoms with van der Waals surface area (Å²) in [6.07, 6.45) is 3.88. The van der Waals surface area contributed by atoms with Crippen LogP contribution in [-0.2, 0) is 10.9 Å². The number of nitrogens with zero attached hydrogens (tertiary/aromatic N) is 1. The van der Waals surface area contributed by atoms with Gasteiger partial charge in [0.15, 0.2) is 11.5 Å². The van der Waals surface area contributed by atoms with Gasteiger partial charge in [0.25, 0.3) is 0 Å². The number of nitrogens with one attached hydrogen (secondary N) is 1. The molecule has 2 atom stereocenters. The van der Waals surface area contributed by atoms with Crippen molar-refractivity contribution in [1.29, 1.82) is 0 Å². The Morgan fingerprint density at radius 1 is 1.12 bits per heavy atom. The first kappa shape index (κ1) is 16.8. The lowest BCUT2D eigenvalue weighted by molar-refractivity contribution is 0.210. The molecule has 1 aromatic heterocycles. The molecule has 3 rings (SSSR count). The molecule has 1 fully saturated rings. The predicted molar refractivity (Wildman–Crippen MR) is 90.4 cm³/mol. The molecular weight excluding hydrogens is 332 g/mol. The molecule has 130 valence electrons. The molecule has 0 saturated heterocycles. The van der Waals surface area contributed by atoms with Crippen molar-refractivity contribution < 1.29 is 22.6 Å². The Morgan fingerprint density at radius 2 is 1.88 bits per heavy atom. The van der Waals surface area contributed by atoms with Gasteiger partial charge in [0.1, 0.15) is 11.9 Å². The standard InChI is InChI=1S/C16H20N2O5S/c1-21-15-8-12-13(9-16(15)22-2)17-6-5-14(12)23-11-4-3-10(7-11)18-24(19)20/h5-6,8-11,24H,3-4,7H2,1-2H3,(H,18,19,20). The van der Waals surface area contributed by atoms with Gasteiger partial charge in [0.2, 0.25) is 10.9 Å². The van der Waals surface area contributed by atoms with Crippen LogP contribution in [0.1, 0.15) is 19.3 Å². The number of aromatic nitrogens is 1. The minimum absolute atomic E-state index is 0.0313. The van der Waals surface area contributed by atoms with E-state index in [1.807, 2.05) is 18.2 Å². The van der Waals surface area contributed by atoms with Gasteiger partial charge in [-0.15, -0.1) is 0 Å². The van der Waals surface area contributed by atoms with Gasteiger partial charge in [-0.05, 0) is 25.0 Å². The van der Waals surface area contributed by atoms with E-state index in [0.29, 0.717) is 23.7 Å². The van der Waals surface area contributed by atoms with Crippen LogP contribution < -0.4 is 18.9 Å². The van der Waals surface area contributed by atoms with Crippen molar-refractivity contribution in [2.24, 2.45) is 0 Å². The van der Waals surface area contributed by atoms with Gasteiger partial charge in [-0.2, -0.15) is 0 Å². The van der Waals surface area contributed by atoms with Crippen molar-refractivity contribution in [3.63, 3.8) is 0 Å². The number of hydrogen-bond acceptors (Lipinski definition) is 6. The summed E-state index contributed by atoms with van der Waals surface area (Å²) in [5.41, 5.74) is 0.750. The molecule has 1 aliphatic carbocycles. The van der Waals surface area contributed by atoms with Crippen LogP contribution in [0.3, 0.4) is 0 Å². The van der Waals surface area contributed by atoms with Crippen LogP contribution in [0.4, 0.5) is 0 Å². The Kier molecular flexibility index (Phi) is 5.06. The Hall–Kier alpha value is -2.06. The fourth-order valence-corrected chi connectivity index (χ4v) is 3.58. The molecule has 0 spiro atoms. The first-order valence-corrected chi connectivity index (χ1v) is 8.86. The maximum atomic E-state index is 10.8. The number of pyridine rings is 1. The van der Waals surface area contributed by atoms with E-state index in [2.05, 4.69) is 9.71 Å². The van der Waals surface area contributed by atoms with Gasteiger partial charge in [0.05, 0.1) is 19.7 Å². The number of fused-ring (bicyclic) bond motifs is 1. The second kappa shape index (κ2) is 7.23. The van der Waals surface area contributed by atoms with Crippen LogP contribution in [0.2, 0.25) is 0 Å². The highest BCUT2D eigenvalue weighted by molar-refractivity contribution is 7.70. The first-order chi connectivity index (χ1) is 11.6. The van der Waals surface area contributed by atoms with Gasteiger partial charge in [0, 0.05) is 30.1 Å². The molecule has 1 N–H and O–H groups in total. The van der Waals surface area contributed by atoms with E-state index in [9.17, 15) is 8.42 Å². The number of rotatable bonds is 6. The van der Waals surface area contributed by atoms with Gasteiger partial charge >= 0.3 is 0 Å². The molecule has 1 heterocycles. The normalized spacial score (nSPS) is 20.5. The molecule has 2 unspecified atom stereocenters. The maximum absolute atomic E-state index is 10.8. The Bertz CT molecular complexity index is 800. The third-order valence-corrected chi connectivity index (χ3v) is 4.75. The maximum Gasteiger partial charge on any atom is 0.201 e. The smallest absolute Gasteiger partial charge is 0.201 e. The molecule has 24 heavy (non-hydrogen) atoms. The van der Waals surface area contributed by atoms with Crippen LogP contribution in [0, 0.1) is 0 Å². The largest absolute Gasteiger partial charge is 0.493 e. The summed E-state index contributed by atoms with van der Waals surface area (Å²) in [7, 11) is 0.585. The Balaban J connectivity index is 1.85. The predicted octanol–water partition coefficient (Wildman–Crippen LogP) is 1.67. The van der Waals surface area contributed by atoms with E-state index >= 15 is 0 Å². The lowest BCUT2D eigenvalue weighted by atomic mass is 10.1. The molecule has 1 aliphatic rings. The van der Waals surface area contributed by atoms with Crippen molar-refractivity contribution >= 4 is 21.8 Å². The lowest BCUT2D eigenvalue weighted by Crippen LogP contribution is -2.26. The summed E-state index contributed by atoms with van der Waals surface area (Å²) in [4.78, 5) is 4.35. The highest BCUT2D eigenvalue weighted by atomic mass is 32.2. The van der Waals surface area contributed by atoms with Crippen molar-refractivity contribution in [2.75, 3.05) is 14.2 Å². The summed E-state index contributed by atoms with van der Waals surface area (Å²) in [6.45, 7) is 0. The monoisotopic (exact) mass is 352 g/mol. The zero-order valence-corrected chi connectivity index (χ0v) is 14.4. The van der Waals surface area contributed by atoms with Crippen molar-refractivity contribution in [2.45, 2.75) is 31.4 Å². The minimum Gasteiger partial charge on any atom is -0.493 e. The molecule has 0 radical (unpaired) electrons. The van der Waals surface area contributed by atoms with Gasteiger partial charge in [-0.25, -0.2) is 13.1 Å². The second-order valence-electron chi connectivity index (χ2n) is 5.67. The average molecular weight is 352 g/mol. The van der Waals surface area contributed by atoms with Crippen LogP contribution in [0.15, 0.2) is 24.4 Å². The van der Waals surface area contributed by atoms with Crippen molar-refractivity contribution in [1.82, 2.24) is 9.71 Å². The molecule has 7 nitrogen and oxygen atoms in total. The summed E-state index contributed by atoms with van der Waals surface area (Å²) in [6, 6.07) is 5.40. The fourth-order valence-electron chi connectivity index (χ4n) is 3.04. The Labute approximate surface area is 142 Å². The van der Waals surface area contributed by atoms with Crippen LogP contribution >= 0.6 is 0 Å². The zero-order valence-electron chi connectivity index (χ0n) is 13.5. The van der Waals surface area contributed by atoms with Gasteiger partial charge in [-0.3, -0.25) is 4.98 Å². The summed E-state index contributed by atoms with van der Waals surface area (Å²) in [5, 5.41) is 0.835. The van der Waals surface area contributed by atoms with E-state index in [1.54, 1.807) is 20.4 Å². The molecule has 1 aromatic carbocycles. The van der Waals surface area contributed by atoms with E-state index in [0.717, 1.165) is 23.7 Å². The molecule has 1 saturated carbocycles. The first-order valence-electron chi connectivity index (χ1n) is 7.68. The number of benzene rings is 1. The molecule has 8 heteroatoms. The van der Waals surface area contributed by atoms with Crippen LogP contribution in [0.5, 0.6) is 17.2 Å². The molecular formula is C16H20N2O5S. The minimum atomic E-state index is -2.58. The SMILES string of the molecule is COc1cc2nccc(OC3CCC(N[SH](=O)=O)C3)c2cc1OC. The zero-order chi connectivity index (χ0) is 17.1. The highest BCUT2D eigenvalue weighted by Crippen LogP contribution is 2.36. The number of hydrogen-bond donors (Lipinski definition) is 2. The number of methoxy groups -OCH3 is 2. The van der Waals surface area contributed by atoms with E-state index < -0.39 is 10.9 Å². The summed E-state index contributed by atoms with van der Waals surface area (Å²) in [5.74, 6) is 1.93. The average Bonchev–Trinajstić information content (AvgIpc) is 3.00. The van der Waals surface area contributed by atoms with E-state index in [4.69, 9.17) is 14.2 Å². The van der Waals surface area contributed by atoms with Crippen molar-refractivity contribution in [3.8, 4) is 17.2 Å². The number of ether oxygens (including phenoxy) is 3. The fraction of sp³-hybridized carbons (Fsp3) is 0.438. The van der Waals surface area contributed by atoms with Crippen LogP contribution in [0.25, 0.3) is 10.9 Å².